The number of carbonyl (C=O) groups is 3. The van der Waals surface area contributed by atoms with Gasteiger partial charge < -0.3 is 19.7 Å². The molecule has 1 fully saturated rings. The Morgan fingerprint density at radius 2 is 1.86 bits per heavy atom. The highest BCUT2D eigenvalue weighted by Gasteiger charge is 2.21. The van der Waals surface area contributed by atoms with Crippen LogP contribution in [0.3, 0.4) is 0 Å². The van der Waals surface area contributed by atoms with Crippen molar-refractivity contribution in [2.75, 3.05) is 26.7 Å². The molecule has 1 aromatic carbocycles. The summed E-state index contributed by atoms with van der Waals surface area (Å²) in [4.78, 5) is 49.1. The molecule has 1 N–H and O–H groups in total. The molecule has 0 bridgehead atoms. The largest absolute Gasteiger partial charge is 0.378 e. The van der Waals surface area contributed by atoms with Crippen molar-refractivity contribution in [1.29, 1.82) is 0 Å². The molecule has 1 aliphatic heterocycles. The summed E-state index contributed by atoms with van der Waals surface area (Å²) in [6.07, 6.45) is 10.6. The van der Waals surface area contributed by atoms with Gasteiger partial charge in [0.15, 0.2) is 0 Å². The molecule has 1 saturated heterocycles. The van der Waals surface area contributed by atoms with Crippen LogP contribution in [0.25, 0.3) is 11.0 Å². The van der Waals surface area contributed by atoms with E-state index >= 15 is 0 Å². The first kappa shape index (κ1) is 27.6. The Kier molecular flexibility index (Phi) is 10.7. The lowest BCUT2D eigenvalue weighted by molar-refractivity contribution is -0.121. The number of ether oxygens (including phenoxy) is 1. The Bertz CT molecular complexity index is 1070. The molecule has 3 rings (SSSR count). The monoisotopic (exact) mass is 500 g/mol. The van der Waals surface area contributed by atoms with Crippen LogP contribution >= 0.6 is 0 Å². The first-order chi connectivity index (χ1) is 17.5. The molecule has 198 valence electrons. The average Bonchev–Trinajstić information content (AvgIpc) is 3.16. The number of aromatic nitrogens is 2. The van der Waals surface area contributed by atoms with E-state index in [-0.39, 0.29) is 30.5 Å². The van der Waals surface area contributed by atoms with Gasteiger partial charge in [0.05, 0.1) is 23.2 Å². The Hall–Kier alpha value is -2.94. The fourth-order valence-electron chi connectivity index (χ4n) is 5.05. The molecule has 2 heterocycles. The number of hydrogen-bond donors (Lipinski definition) is 1. The zero-order chi connectivity index (χ0) is 25.9. The number of aryl methyl sites for hydroxylation is 2. The van der Waals surface area contributed by atoms with E-state index in [0.717, 1.165) is 100 Å². The van der Waals surface area contributed by atoms with E-state index in [1.807, 2.05) is 12.1 Å². The number of unbranched alkanes of at least 4 members (excludes halogenated alkanes) is 4. The van der Waals surface area contributed by atoms with Crippen molar-refractivity contribution in [3.63, 3.8) is 0 Å². The van der Waals surface area contributed by atoms with Gasteiger partial charge in [-0.05, 0) is 50.2 Å². The molecule has 0 radical (unpaired) electrons. The zero-order valence-corrected chi connectivity index (χ0v) is 21.6. The summed E-state index contributed by atoms with van der Waals surface area (Å²) >= 11 is 0. The molecule has 9 heteroatoms. The van der Waals surface area contributed by atoms with E-state index in [1.165, 1.54) is 4.57 Å². The van der Waals surface area contributed by atoms with E-state index < -0.39 is 6.04 Å². The number of nitrogens with one attached hydrogen (secondary N) is 1. The topological polar surface area (TPSA) is 103 Å². The van der Waals surface area contributed by atoms with Gasteiger partial charge in [0.2, 0.25) is 12.3 Å². The van der Waals surface area contributed by atoms with Gasteiger partial charge in [-0.3, -0.25) is 18.7 Å². The molecule has 2 aromatic rings. The molecule has 0 aliphatic carbocycles. The van der Waals surface area contributed by atoms with Gasteiger partial charge in [-0.25, -0.2) is 4.79 Å². The van der Waals surface area contributed by atoms with Crippen molar-refractivity contribution in [2.24, 2.45) is 7.05 Å². The van der Waals surface area contributed by atoms with E-state index in [0.29, 0.717) is 0 Å². The minimum atomic E-state index is -0.673. The van der Waals surface area contributed by atoms with E-state index in [1.54, 1.807) is 23.6 Å². The Balaban J connectivity index is 1.47. The van der Waals surface area contributed by atoms with Crippen LogP contribution < -0.4 is 11.0 Å². The molecule has 36 heavy (non-hydrogen) atoms. The molecular weight excluding hydrogens is 460 g/mol. The van der Waals surface area contributed by atoms with Crippen LogP contribution in [0.15, 0.2) is 23.0 Å². The maximum absolute atomic E-state index is 13.0. The van der Waals surface area contributed by atoms with Crippen molar-refractivity contribution in [3.05, 3.63) is 34.2 Å². The molecule has 0 saturated carbocycles. The number of fused-ring (bicyclic) bond motifs is 1. The summed E-state index contributed by atoms with van der Waals surface area (Å²) in [5.41, 5.74) is 2.48. The third-order valence-corrected chi connectivity index (χ3v) is 7.19. The second-order valence-corrected chi connectivity index (χ2v) is 9.64. The molecule has 2 amide bonds. The summed E-state index contributed by atoms with van der Waals surface area (Å²) in [6, 6.07) is 5.19. The van der Waals surface area contributed by atoms with Crippen LogP contribution in [0.5, 0.6) is 0 Å². The minimum Gasteiger partial charge on any atom is -0.378 e. The molecule has 1 atom stereocenters. The first-order valence-corrected chi connectivity index (χ1v) is 13.2. The zero-order valence-electron chi connectivity index (χ0n) is 21.6. The third-order valence-electron chi connectivity index (χ3n) is 7.19. The van der Waals surface area contributed by atoms with Gasteiger partial charge in [-0.15, -0.1) is 0 Å². The number of para-hydroxylation sites is 1. The number of aldehydes is 1. The van der Waals surface area contributed by atoms with Crippen LogP contribution in [0.1, 0.15) is 69.4 Å². The number of amides is 2. The van der Waals surface area contributed by atoms with Crippen molar-refractivity contribution >= 4 is 29.6 Å². The Morgan fingerprint density at radius 3 is 2.56 bits per heavy atom. The molecule has 9 nitrogen and oxygen atoms in total. The summed E-state index contributed by atoms with van der Waals surface area (Å²) in [5, 5.41) is 2.56. The van der Waals surface area contributed by atoms with Crippen molar-refractivity contribution in [3.8, 4) is 0 Å². The molecule has 1 aromatic heterocycles. The quantitative estimate of drug-likeness (QED) is 0.299. The maximum Gasteiger partial charge on any atom is 0.329 e. The number of likely N-dealkylation sites (tertiary alicyclic amines) is 1. The third kappa shape index (κ3) is 7.06. The predicted molar refractivity (Wildman–Crippen MR) is 139 cm³/mol. The van der Waals surface area contributed by atoms with Gasteiger partial charge in [0, 0.05) is 40.2 Å². The molecule has 1 aliphatic rings. The van der Waals surface area contributed by atoms with Gasteiger partial charge in [0.1, 0.15) is 6.29 Å². The van der Waals surface area contributed by atoms with Crippen molar-refractivity contribution < 1.29 is 19.1 Å². The van der Waals surface area contributed by atoms with Crippen LogP contribution in [-0.2, 0) is 32.6 Å². The number of carbonyl (C=O) groups excluding carboxylic acids is 3. The second kappa shape index (κ2) is 14.0. The van der Waals surface area contributed by atoms with Gasteiger partial charge in [-0.1, -0.05) is 31.4 Å². The Morgan fingerprint density at radius 1 is 1.14 bits per heavy atom. The lowest BCUT2D eigenvalue weighted by Crippen LogP contribution is -2.36. The number of rotatable bonds is 15. The lowest BCUT2D eigenvalue weighted by atomic mass is 10.0. The maximum atomic E-state index is 13.0. The van der Waals surface area contributed by atoms with Gasteiger partial charge >= 0.3 is 5.69 Å². The van der Waals surface area contributed by atoms with Gasteiger partial charge in [-0.2, -0.15) is 0 Å². The Labute approximate surface area is 212 Å². The number of imidazole rings is 1. The number of hydrogen-bond acceptors (Lipinski definition) is 5. The van der Waals surface area contributed by atoms with Crippen molar-refractivity contribution in [1.82, 2.24) is 19.4 Å². The first-order valence-electron chi connectivity index (χ1n) is 13.2. The van der Waals surface area contributed by atoms with E-state index in [4.69, 9.17) is 4.74 Å². The highest BCUT2D eigenvalue weighted by molar-refractivity contribution is 5.81. The second-order valence-electron chi connectivity index (χ2n) is 9.64. The summed E-state index contributed by atoms with van der Waals surface area (Å²) in [5.74, 6) is -0.151. The van der Waals surface area contributed by atoms with Crippen LogP contribution in [0.2, 0.25) is 0 Å². The highest BCUT2D eigenvalue weighted by atomic mass is 16.5. The summed E-state index contributed by atoms with van der Waals surface area (Å²) in [6.45, 7) is 2.36. The fraction of sp³-hybridized carbons (Fsp3) is 0.630. The van der Waals surface area contributed by atoms with Crippen LogP contribution in [-0.4, -0.2) is 65.5 Å². The lowest BCUT2D eigenvalue weighted by Gasteiger charge is -2.29. The molecule has 1 unspecified atom stereocenters. The standard InChI is InChI=1S/C27H40N4O5/c1-28-25(34)13-12-22(19-32)31-24-11-8-10-21(26(24)29(2)27(31)35)9-6-4-3-5-7-18-36-23-14-16-30(20-33)17-15-23/h8,10-11,19-20,22-23H,3-7,9,12-18H2,1-2H3,(H,28,34). The number of benzene rings is 1. The SMILES string of the molecule is CNC(=O)CCC(C=O)n1c(=O)n(C)c2c(CCCCCCCOC3CCN(C=O)CC3)cccc21. The van der Waals surface area contributed by atoms with Crippen LogP contribution in [0, 0.1) is 0 Å². The van der Waals surface area contributed by atoms with Crippen LogP contribution in [0.4, 0.5) is 0 Å². The molecular formula is C27H40N4O5. The summed E-state index contributed by atoms with van der Waals surface area (Å²) in [7, 11) is 3.30. The van der Waals surface area contributed by atoms with E-state index in [2.05, 4.69) is 11.4 Å². The predicted octanol–water partition coefficient (Wildman–Crippen LogP) is 2.74. The van der Waals surface area contributed by atoms with E-state index in [9.17, 15) is 19.2 Å². The minimum absolute atomic E-state index is 0.151. The number of piperidine rings is 1. The average molecular weight is 501 g/mol. The smallest absolute Gasteiger partial charge is 0.329 e. The highest BCUT2D eigenvalue weighted by Crippen LogP contribution is 2.24. The number of nitrogens with zero attached hydrogens (tertiary/aromatic N) is 3. The normalized spacial score (nSPS) is 15.2. The summed E-state index contributed by atoms with van der Waals surface area (Å²) < 4.78 is 9.12. The fourth-order valence-corrected chi connectivity index (χ4v) is 5.05. The molecule has 0 spiro atoms. The van der Waals surface area contributed by atoms with Crippen molar-refractivity contribution in [2.45, 2.75) is 76.4 Å². The van der Waals surface area contributed by atoms with Gasteiger partial charge in [0.25, 0.3) is 0 Å².